The summed E-state index contributed by atoms with van der Waals surface area (Å²) in [4.78, 5) is 13.9. The number of aryl methyl sites for hydroxylation is 1. The molecule has 3 heterocycles. The summed E-state index contributed by atoms with van der Waals surface area (Å²) in [5.74, 6) is 1.41. The van der Waals surface area contributed by atoms with Crippen LogP contribution in [0.5, 0.6) is 0 Å². The fourth-order valence-corrected chi connectivity index (χ4v) is 5.70. The largest absolute Gasteiger partial charge is 0.390 e. The minimum Gasteiger partial charge on any atom is -0.390 e. The third kappa shape index (κ3) is 4.17. The van der Waals surface area contributed by atoms with Gasteiger partial charge in [-0.15, -0.1) is 11.3 Å². The number of rotatable bonds is 3. The first-order valence-corrected chi connectivity index (χ1v) is 10.9. The summed E-state index contributed by atoms with van der Waals surface area (Å²) >= 11 is 1.81. The number of hydrogen-bond donors (Lipinski definition) is 1. The fourth-order valence-electron chi connectivity index (χ4n) is 4.43. The highest BCUT2D eigenvalue weighted by Crippen LogP contribution is 2.45. The van der Waals surface area contributed by atoms with Gasteiger partial charge in [0.05, 0.1) is 11.8 Å². The molecule has 2 aromatic heterocycles. The zero-order valence-corrected chi connectivity index (χ0v) is 17.4. The normalized spacial score (nSPS) is 27.3. The van der Waals surface area contributed by atoms with Crippen molar-refractivity contribution in [1.29, 1.82) is 0 Å². The summed E-state index contributed by atoms with van der Waals surface area (Å²) in [5.41, 5.74) is 1.47. The van der Waals surface area contributed by atoms with E-state index >= 15 is 0 Å². The van der Waals surface area contributed by atoms with Crippen LogP contribution in [0.3, 0.4) is 0 Å². The number of aliphatic hydroxyl groups is 1. The van der Waals surface area contributed by atoms with Crippen LogP contribution in [0.4, 0.5) is 4.39 Å². The first kappa shape index (κ1) is 19.2. The zero-order chi connectivity index (χ0) is 19.2. The Balaban J connectivity index is 1.57. The molecule has 2 aromatic rings. The van der Waals surface area contributed by atoms with Gasteiger partial charge >= 0.3 is 0 Å². The van der Waals surface area contributed by atoms with E-state index < -0.39 is 12.3 Å². The minimum absolute atomic E-state index is 0.278. The Bertz CT molecular complexity index is 811. The quantitative estimate of drug-likeness (QED) is 0.831. The van der Waals surface area contributed by atoms with Crippen LogP contribution in [0.1, 0.15) is 68.3 Å². The van der Waals surface area contributed by atoms with E-state index in [4.69, 9.17) is 0 Å². The van der Waals surface area contributed by atoms with Crippen molar-refractivity contribution in [1.82, 2.24) is 14.9 Å². The maximum Gasteiger partial charge on any atom is 0.139 e. The highest BCUT2D eigenvalue weighted by atomic mass is 32.1. The smallest absolute Gasteiger partial charge is 0.139 e. The SMILES string of the molecule is Cc1nc(CN2CC[C@H](O)[C@@H](F)C2)c2cc(C3CCC(C)(C)CC3)sc2n1. The zero-order valence-electron chi connectivity index (χ0n) is 16.5. The van der Waals surface area contributed by atoms with E-state index in [1.54, 1.807) is 0 Å². The van der Waals surface area contributed by atoms with Gasteiger partial charge in [-0.2, -0.15) is 0 Å². The van der Waals surface area contributed by atoms with Gasteiger partial charge in [-0.05, 0) is 56.4 Å². The first-order valence-electron chi connectivity index (χ1n) is 10.1. The molecule has 4 nitrogen and oxygen atoms in total. The molecule has 2 fully saturated rings. The molecule has 0 spiro atoms. The Morgan fingerprint density at radius 3 is 2.70 bits per heavy atom. The number of aromatic nitrogens is 2. The van der Waals surface area contributed by atoms with Gasteiger partial charge in [-0.3, -0.25) is 4.90 Å². The lowest BCUT2D eigenvalue weighted by Gasteiger charge is -2.33. The molecule has 27 heavy (non-hydrogen) atoms. The number of halogens is 1. The van der Waals surface area contributed by atoms with Crippen molar-refractivity contribution in [2.45, 2.75) is 77.6 Å². The Morgan fingerprint density at radius 2 is 2.00 bits per heavy atom. The van der Waals surface area contributed by atoms with Gasteiger partial charge in [0.25, 0.3) is 0 Å². The highest BCUT2D eigenvalue weighted by molar-refractivity contribution is 7.18. The first-order chi connectivity index (χ1) is 12.8. The molecule has 0 unspecified atom stereocenters. The molecule has 1 aliphatic carbocycles. The molecule has 1 saturated heterocycles. The predicted octanol–water partition coefficient (Wildman–Crippen LogP) is 4.59. The van der Waals surface area contributed by atoms with Crippen LogP contribution >= 0.6 is 11.3 Å². The molecule has 0 amide bonds. The van der Waals surface area contributed by atoms with Crippen molar-refractivity contribution in [3.8, 4) is 0 Å². The summed E-state index contributed by atoms with van der Waals surface area (Å²) < 4.78 is 13.9. The van der Waals surface area contributed by atoms with Crippen molar-refractivity contribution >= 4 is 21.6 Å². The second kappa shape index (κ2) is 7.37. The molecule has 0 aromatic carbocycles. The van der Waals surface area contributed by atoms with E-state index in [0.29, 0.717) is 30.8 Å². The monoisotopic (exact) mass is 391 g/mol. The summed E-state index contributed by atoms with van der Waals surface area (Å²) in [6.07, 6.45) is 3.54. The van der Waals surface area contributed by atoms with Crippen molar-refractivity contribution in [2.24, 2.45) is 5.41 Å². The minimum atomic E-state index is -1.17. The number of hydrogen-bond acceptors (Lipinski definition) is 5. The number of thiophene rings is 1. The van der Waals surface area contributed by atoms with Gasteiger partial charge in [-0.25, -0.2) is 14.4 Å². The van der Waals surface area contributed by atoms with Crippen LogP contribution < -0.4 is 0 Å². The van der Waals surface area contributed by atoms with Gasteiger partial charge in [-0.1, -0.05) is 13.8 Å². The lowest BCUT2D eigenvalue weighted by Crippen LogP contribution is -2.44. The molecule has 0 bridgehead atoms. The third-order valence-corrected chi connectivity index (χ3v) is 7.50. The molecular weight excluding hydrogens is 361 g/mol. The van der Waals surface area contributed by atoms with Gasteiger partial charge in [0.15, 0.2) is 0 Å². The molecular formula is C21H30FN3OS. The van der Waals surface area contributed by atoms with E-state index in [1.165, 1.54) is 30.6 Å². The molecule has 2 aliphatic rings. The fraction of sp³-hybridized carbons (Fsp3) is 0.714. The van der Waals surface area contributed by atoms with Crippen LogP contribution in [0, 0.1) is 12.3 Å². The van der Waals surface area contributed by atoms with E-state index in [-0.39, 0.29) is 6.54 Å². The molecule has 1 saturated carbocycles. The Labute approximate surface area is 164 Å². The molecule has 1 N–H and O–H groups in total. The van der Waals surface area contributed by atoms with Crippen molar-refractivity contribution in [3.63, 3.8) is 0 Å². The van der Waals surface area contributed by atoms with E-state index in [1.807, 2.05) is 18.3 Å². The molecule has 6 heteroatoms. The Hall–Kier alpha value is -1.11. The molecule has 4 rings (SSSR count). The second-order valence-electron chi connectivity index (χ2n) is 9.13. The van der Waals surface area contributed by atoms with Gasteiger partial charge in [0.2, 0.25) is 0 Å². The predicted molar refractivity (Wildman–Crippen MR) is 108 cm³/mol. The van der Waals surface area contributed by atoms with Gasteiger partial charge in [0.1, 0.15) is 16.8 Å². The second-order valence-corrected chi connectivity index (χ2v) is 10.2. The average Bonchev–Trinajstić information content (AvgIpc) is 3.02. The van der Waals surface area contributed by atoms with Crippen molar-refractivity contribution < 1.29 is 9.50 Å². The number of nitrogens with zero attached hydrogens (tertiary/aromatic N) is 3. The van der Waals surface area contributed by atoms with Crippen molar-refractivity contribution in [3.05, 3.63) is 22.5 Å². The molecule has 148 valence electrons. The Morgan fingerprint density at radius 1 is 1.26 bits per heavy atom. The summed E-state index contributed by atoms with van der Waals surface area (Å²) in [6.45, 7) is 8.29. The van der Waals surface area contributed by atoms with Crippen LogP contribution in [0.25, 0.3) is 10.2 Å². The summed E-state index contributed by atoms with van der Waals surface area (Å²) in [7, 11) is 0. The van der Waals surface area contributed by atoms with E-state index in [9.17, 15) is 9.50 Å². The van der Waals surface area contributed by atoms with Gasteiger partial charge in [0, 0.05) is 29.9 Å². The third-order valence-electron chi connectivity index (χ3n) is 6.31. The number of fused-ring (bicyclic) bond motifs is 1. The number of piperidine rings is 1. The van der Waals surface area contributed by atoms with Crippen LogP contribution in [-0.4, -0.2) is 45.3 Å². The molecule has 1 aliphatic heterocycles. The maximum absolute atomic E-state index is 13.9. The number of aliphatic hydroxyl groups excluding tert-OH is 1. The van der Waals surface area contributed by atoms with Crippen LogP contribution in [0.15, 0.2) is 6.07 Å². The number of alkyl halides is 1. The van der Waals surface area contributed by atoms with Crippen LogP contribution in [-0.2, 0) is 6.54 Å². The number of likely N-dealkylation sites (tertiary alicyclic amines) is 1. The van der Waals surface area contributed by atoms with Gasteiger partial charge < -0.3 is 5.11 Å². The highest BCUT2D eigenvalue weighted by Gasteiger charge is 2.30. The summed E-state index contributed by atoms with van der Waals surface area (Å²) in [6, 6.07) is 2.30. The lowest BCUT2D eigenvalue weighted by molar-refractivity contribution is 0.00369. The van der Waals surface area contributed by atoms with E-state index in [2.05, 4.69) is 34.8 Å². The van der Waals surface area contributed by atoms with Crippen LogP contribution in [0.2, 0.25) is 0 Å². The standard InChI is InChI=1S/C21H30FN3OS/c1-13-23-17(12-25-9-6-18(26)16(22)11-25)15-10-19(27-20(15)24-13)14-4-7-21(2,3)8-5-14/h10,14,16,18,26H,4-9,11-12H2,1-3H3/t16-,18-/m0/s1. The average molecular weight is 392 g/mol. The topological polar surface area (TPSA) is 49.2 Å². The van der Waals surface area contributed by atoms with E-state index in [0.717, 1.165) is 21.7 Å². The maximum atomic E-state index is 13.9. The molecule has 2 atom stereocenters. The summed E-state index contributed by atoms with van der Waals surface area (Å²) in [5, 5.41) is 10.8. The van der Waals surface area contributed by atoms with Crippen molar-refractivity contribution in [2.75, 3.05) is 13.1 Å². The Kier molecular flexibility index (Phi) is 5.25. The molecule has 0 radical (unpaired) electrons. The lowest BCUT2D eigenvalue weighted by atomic mass is 9.73.